The summed E-state index contributed by atoms with van der Waals surface area (Å²) < 4.78 is 5.14. The highest BCUT2D eigenvalue weighted by Crippen LogP contribution is 2.16. The molecule has 1 rings (SSSR count). The Morgan fingerprint density at radius 3 is 2.80 bits per heavy atom. The van der Waals surface area contributed by atoms with Crippen molar-refractivity contribution in [3.63, 3.8) is 0 Å². The van der Waals surface area contributed by atoms with Crippen LogP contribution in [-0.2, 0) is 11.2 Å². The van der Waals surface area contributed by atoms with Crippen LogP contribution in [0.15, 0.2) is 24.3 Å². The molecule has 0 amide bonds. The van der Waals surface area contributed by atoms with Crippen molar-refractivity contribution in [1.29, 1.82) is 0 Å². The minimum absolute atomic E-state index is 0.0992. The first-order chi connectivity index (χ1) is 7.17. The smallest absolute Gasteiger partial charge is 0.135 e. The molecule has 0 spiro atoms. The Bertz CT molecular complexity index is 331. The average molecular weight is 206 g/mol. The summed E-state index contributed by atoms with van der Waals surface area (Å²) in [4.78, 5) is 11.4. The van der Waals surface area contributed by atoms with Gasteiger partial charge in [0.05, 0.1) is 7.11 Å². The van der Waals surface area contributed by atoms with Crippen LogP contribution >= 0.6 is 0 Å². The van der Waals surface area contributed by atoms with Gasteiger partial charge in [0.2, 0.25) is 0 Å². The third kappa shape index (κ3) is 3.39. The molecule has 1 aromatic rings. The Balaban J connectivity index is 2.67. The summed E-state index contributed by atoms with van der Waals surface area (Å²) in [6, 6.07) is 7.88. The Labute approximate surface area is 91.3 Å². The van der Waals surface area contributed by atoms with E-state index in [2.05, 4.69) is 0 Å². The normalized spacial score (nSPS) is 12.2. The van der Waals surface area contributed by atoms with E-state index in [4.69, 9.17) is 4.74 Å². The maximum absolute atomic E-state index is 11.4. The second-order valence-electron chi connectivity index (χ2n) is 3.78. The van der Waals surface area contributed by atoms with Crippen molar-refractivity contribution < 1.29 is 9.53 Å². The highest BCUT2D eigenvalue weighted by Gasteiger charge is 2.11. The Kier molecular flexibility index (Phi) is 4.35. The summed E-state index contributed by atoms with van der Waals surface area (Å²) in [6.07, 6.45) is 1.41. The molecular formula is C13H18O2. The Morgan fingerprint density at radius 1 is 1.47 bits per heavy atom. The molecule has 0 aliphatic rings. The fourth-order valence-corrected chi connectivity index (χ4v) is 1.62. The van der Waals surface area contributed by atoms with Gasteiger partial charge in [-0.15, -0.1) is 0 Å². The first kappa shape index (κ1) is 11.8. The van der Waals surface area contributed by atoms with Gasteiger partial charge in [-0.1, -0.05) is 26.0 Å². The zero-order valence-electron chi connectivity index (χ0n) is 9.62. The quantitative estimate of drug-likeness (QED) is 0.740. The van der Waals surface area contributed by atoms with Crippen molar-refractivity contribution in [3.8, 4) is 5.75 Å². The summed E-state index contributed by atoms with van der Waals surface area (Å²) in [5.41, 5.74) is 1.16. The van der Waals surface area contributed by atoms with Crippen LogP contribution in [0.3, 0.4) is 0 Å². The van der Waals surface area contributed by atoms with Crippen LogP contribution in [0, 0.1) is 5.92 Å². The number of methoxy groups -OCH3 is 1. The van der Waals surface area contributed by atoms with Crippen molar-refractivity contribution in [1.82, 2.24) is 0 Å². The second-order valence-corrected chi connectivity index (χ2v) is 3.78. The van der Waals surface area contributed by atoms with Crippen LogP contribution in [0.25, 0.3) is 0 Å². The van der Waals surface area contributed by atoms with Crippen LogP contribution in [0.2, 0.25) is 0 Å². The molecule has 2 heteroatoms. The maximum atomic E-state index is 11.4. The van der Waals surface area contributed by atoms with Gasteiger partial charge in [-0.25, -0.2) is 0 Å². The lowest BCUT2D eigenvalue weighted by atomic mass is 9.96. The molecule has 0 heterocycles. The summed E-state index contributed by atoms with van der Waals surface area (Å²) in [6.45, 7) is 3.88. The van der Waals surface area contributed by atoms with Crippen molar-refractivity contribution in [3.05, 3.63) is 29.8 Å². The Hall–Kier alpha value is -1.31. The lowest BCUT2D eigenvalue weighted by molar-refractivity contribution is -0.122. The van der Waals surface area contributed by atoms with E-state index < -0.39 is 0 Å². The van der Waals surface area contributed by atoms with E-state index >= 15 is 0 Å². The Morgan fingerprint density at radius 2 is 2.20 bits per heavy atom. The van der Waals surface area contributed by atoms with Gasteiger partial charge >= 0.3 is 0 Å². The summed E-state index contributed by atoms with van der Waals surface area (Å²) >= 11 is 0. The molecule has 0 N–H and O–H groups in total. The molecule has 82 valence electrons. The minimum atomic E-state index is 0.0992. The number of ether oxygens (including phenoxy) is 1. The molecule has 0 saturated heterocycles. The van der Waals surface area contributed by atoms with E-state index in [0.29, 0.717) is 12.2 Å². The van der Waals surface area contributed by atoms with Crippen molar-refractivity contribution in [2.24, 2.45) is 5.92 Å². The second kappa shape index (κ2) is 5.54. The van der Waals surface area contributed by atoms with Crippen LogP contribution in [-0.4, -0.2) is 12.9 Å². The molecule has 0 aromatic heterocycles. The molecular weight excluding hydrogens is 188 g/mol. The van der Waals surface area contributed by atoms with Gasteiger partial charge in [0.15, 0.2) is 0 Å². The third-order valence-corrected chi connectivity index (χ3v) is 2.57. The summed E-state index contributed by atoms with van der Waals surface area (Å²) in [5, 5.41) is 0. The molecule has 1 atom stereocenters. The third-order valence-electron chi connectivity index (χ3n) is 2.57. The summed E-state index contributed by atoms with van der Waals surface area (Å²) in [5.74, 6) is 1.27. The molecule has 0 saturated carbocycles. The van der Waals surface area contributed by atoms with Gasteiger partial charge in [-0.05, 0) is 24.1 Å². The molecule has 2 nitrogen and oxygen atoms in total. The SMILES string of the molecule is CCC(=O)C(C)Cc1cccc(OC)c1. The van der Waals surface area contributed by atoms with Crippen LogP contribution in [0.1, 0.15) is 25.8 Å². The minimum Gasteiger partial charge on any atom is -0.497 e. The van der Waals surface area contributed by atoms with E-state index in [-0.39, 0.29) is 5.92 Å². The van der Waals surface area contributed by atoms with E-state index in [0.717, 1.165) is 17.7 Å². The molecule has 1 aromatic carbocycles. The van der Waals surface area contributed by atoms with Gasteiger partial charge in [0, 0.05) is 12.3 Å². The lowest BCUT2D eigenvalue weighted by Gasteiger charge is -2.09. The van der Waals surface area contributed by atoms with Crippen LogP contribution in [0.4, 0.5) is 0 Å². The predicted molar refractivity (Wildman–Crippen MR) is 61.2 cm³/mol. The highest BCUT2D eigenvalue weighted by molar-refractivity contribution is 5.80. The number of carbonyl (C=O) groups is 1. The fraction of sp³-hybridized carbons (Fsp3) is 0.462. The topological polar surface area (TPSA) is 26.3 Å². The number of Topliss-reactive ketones (excluding diaryl/α,β-unsaturated/α-hetero) is 1. The number of rotatable bonds is 5. The first-order valence-corrected chi connectivity index (χ1v) is 5.33. The lowest BCUT2D eigenvalue weighted by Crippen LogP contribution is -2.12. The molecule has 1 unspecified atom stereocenters. The monoisotopic (exact) mass is 206 g/mol. The van der Waals surface area contributed by atoms with E-state index in [1.807, 2.05) is 38.1 Å². The van der Waals surface area contributed by atoms with Crippen LogP contribution < -0.4 is 4.74 Å². The van der Waals surface area contributed by atoms with E-state index in [1.165, 1.54) is 0 Å². The van der Waals surface area contributed by atoms with Gasteiger partial charge in [0.1, 0.15) is 11.5 Å². The molecule has 0 aliphatic heterocycles. The van der Waals surface area contributed by atoms with Gasteiger partial charge < -0.3 is 4.74 Å². The molecule has 15 heavy (non-hydrogen) atoms. The van der Waals surface area contributed by atoms with Crippen LogP contribution in [0.5, 0.6) is 5.75 Å². The number of ketones is 1. The van der Waals surface area contributed by atoms with E-state index in [1.54, 1.807) is 7.11 Å². The highest BCUT2D eigenvalue weighted by atomic mass is 16.5. The predicted octanol–water partition coefficient (Wildman–Crippen LogP) is 2.85. The fourth-order valence-electron chi connectivity index (χ4n) is 1.62. The van der Waals surface area contributed by atoms with Gasteiger partial charge in [-0.2, -0.15) is 0 Å². The zero-order valence-corrected chi connectivity index (χ0v) is 9.62. The van der Waals surface area contributed by atoms with Gasteiger partial charge in [-0.3, -0.25) is 4.79 Å². The molecule has 0 aliphatic carbocycles. The van der Waals surface area contributed by atoms with Crippen molar-refractivity contribution in [2.75, 3.05) is 7.11 Å². The number of carbonyl (C=O) groups excluding carboxylic acids is 1. The van der Waals surface area contributed by atoms with Gasteiger partial charge in [0.25, 0.3) is 0 Å². The zero-order chi connectivity index (χ0) is 11.3. The molecule has 0 radical (unpaired) electrons. The maximum Gasteiger partial charge on any atom is 0.135 e. The number of hydrogen-bond donors (Lipinski definition) is 0. The number of benzene rings is 1. The average Bonchev–Trinajstić information content (AvgIpc) is 2.28. The standard InChI is InChI=1S/C13H18O2/c1-4-13(14)10(2)8-11-6-5-7-12(9-11)15-3/h5-7,9-10H,4,8H2,1-3H3. The molecule has 0 bridgehead atoms. The first-order valence-electron chi connectivity index (χ1n) is 5.33. The summed E-state index contributed by atoms with van der Waals surface area (Å²) in [7, 11) is 1.65. The van der Waals surface area contributed by atoms with E-state index in [9.17, 15) is 4.79 Å². The van der Waals surface area contributed by atoms with Crippen molar-refractivity contribution >= 4 is 5.78 Å². The molecule has 0 fully saturated rings. The largest absolute Gasteiger partial charge is 0.497 e. The van der Waals surface area contributed by atoms with Crippen molar-refractivity contribution in [2.45, 2.75) is 26.7 Å². The number of hydrogen-bond acceptors (Lipinski definition) is 2.